The highest BCUT2D eigenvalue weighted by molar-refractivity contribution is 7.12. The normalized spacial score (nSPS) is 14.0. The van der Waals surface area contributed by atoms with Gasteiger partial charge in [0.05, 0.1) is 37.0 Å². The highest BCUT2D eigenvalue weighted by Crippen LogP contribution is 2.36. The first-order chi connectivity index (χ1) is 16.9. The molecule has 184 valence electrons. The lowest BCUT2D eigenvalue weighted by molar-refractivity contribution is 0.0951. The van der Waals surface area contributed by atoms with Gasteiger partial charge in [-0.15, -0.1) is 11.3 Å². The van der Waals surface area contributed by atoms with Crippen LogP contribution in [0.3, 0.4) is 0 Å². The third-order valence-electron chi connectivity index (χ3n) is 5.58. The lowest BCUT2D eigenvalue weighted by Gasteiger charge is -2.17. The van der Waals surface area contributed by atoms with Crippen LogP contribution in [0.5, 0.6) is 23.0 Å². The zero-order chi connectivity index (χ0) is 24.9. The number of ether oxygens (including phenoxy) is 4. The molecular formula is C26H28N2O6S. The van der Waals surface area contributed by atoms with E-state index in [1.54, 1.807) is 24.3 Å². The molecule has 4 rings (SSSR count). The smallest absolute Gasteiger partial charge is 0.265 e. The summed E-state index contributed by atoms with van der Waals surface area (Å²) in [6, 6.07) is 10.5. The molecule has 0 saturated carbocycles. The van der Waals surface area contributed by atoms with E-state index in [2.05, 4.69) is 10.6 Å². The van der Waals surface area contributed by atoms with E-state index in [9.17, 15) is 9.59 Å². The van der Waals surface area contributed by atoms with Crippen molar-refractivity contribution in [1.29, 1.82) is 0 Å². The van der Waals surface area contributed by atoms with E-state index in [1.807, 2.05) is 31.4 Å². The van der Waals surface area contributed by atoms with E-state index in [-0.39, 0.29) is 30.0 Å². The first kappa shape index (κ1) is 24.4. The molecule has 1 aliphatic rings. The SMILES string of the molecule is CCOc1cc2c(cc1CNC(=O)c1cc(OC)c(OC)cc1NC(=O)c1cccs1)O[C@H](C)C2. The van der Waals surface area contributed by atoms with Crippen molar-refractivity contribution in [3.05, 3.63) is 63.3 Å². The molecule has 0 radical (unpaired) electrons. The molecule has 2 aromatic carbocycles. The molecule has 3 aromatic rings. The molecule has 2 amide bonds. The van der Waals surface area contributed by atoms with Crippen molar-refractivity contribution in [2.24, 2.45) is 0 Å². The first-order valence-electron chi connectivity index (χ1n) is 11.3. The highest BCUT2D eigenvalue weighted by atomic mass is 32.1. The molecule has 0 unspecified atom stereocenters. The number of methoxy groups -OCH3 is 2. The van der Waals surface area contributed by atoms with Crippen LogP contribution in [0.15, 0.2) is 41.8 Å². The Morgan fingerprint density at radius 2 is 1.86 bits per heavy atom. The summed E-state index contributed by atoms with van der Waals surface area (Å²) in [4.78, 5) is 26.5. The van der Waals surface area contributed by atoms with Crippen molar-refractivity contribution in [3.8, 4) is 23.0 Å². The van der Waals surface area contributed by atoms with E-state index in [0.29, 0.717) is 34.4 Å². The van der Waals surface area contributed by atoms with Crippen LogP contribution in [-0.4, -0.2) is 38.7 Å². The van der Waals surface area contributed by atoms with Gasteiger partial charge >= 0.3 is 0 Å². The van der Waals surface area contributed by atoms with Gasteiger partial charge in [-0.05, 0) is 43.5 Å². The van der Waals surface area contributed by atoms with Gasteiger partial charge in [0.25, 0.3) is 11.8 Å². The fourth-order valence-electron chi connectivity index (χ4n) is 3.94. The molecule has 1 atom stereocenters. The number of hydrogen-bond acceptors (Lipinski definition) is 7. The zero-order valence-electron chi connectivity index (χ0n) is 20.1. The van der Waals surface area contributed by atoms with Crippen LogP contribution >= 0.6 is 11.3 Å². The molecule has 1 aromatic heterocycles. The Bertz CT molecular complexity index is 1230. The molecular weight excluding hydrogens is 468 g/mol. The standard InChI is InChI=1S/C26H28N2O6S/c1-5-33-20-10-16-9-15(2)34-21(16)11-17(20)14-27-25(29)18-12-22(31-3)23(32-4)13-19(18)28-26(30)24-7-6-8-35-24/h6-8,10-13,15H,5,9,14H2,1-4H3,(H,27,29)(H,28,30)/t15-/m1/s1. The molecule has 35 heavy (non-hydrogen) atoms. The van der Waals surface area contributed by atoms with Crippen LogP contribution in [0, 0.1) is 0 Å². The van der Waals surface area contributed by atoms with Crippen molar-refractivity contribution >= 4 is 28.8 Å². The van der Waals surface area contributed by atoms with Crippen molar-refractivity contribution in [1.82, 2.24) is 5.32 Å². The van der Waals surface area contributed by atoms with E-state index in [4.69, 9.17) is 18.9 Å². The molecule has 0 bridgehead atoms. The monoisotopic (exact) mass is 496 g/mol. The van der Waals surface area contributed by atoms with Crippen molar-refractivity contribution < 1.29 is 28.5 Å². The zero-order valence-corrected chi connectivity index (χ0v) is 20.9. The average molecular weight is 497 g/mol. The second kappa shape index (κ2) is 10.7. The molecule has 9 heteroatoms. The number of benzene rings is 2. The minimum absolute atomic E-state index is 0.102. The van der Waals surface area contributed by atoms with Crippen LogP contribution in [0.4, 0.5) is 5.69 Å². The van der Waals surface area contributed by atoms with E-state index in [0.717, 1.165) is 23.3 Å². The van der Waals surface area contributed by atoms with Crippen LogP contribution in [0.2, 0.25) is 0 Å². The van der Waals surface area contributed by atoms with Crippen LogP contribution < -0.4 is 29.6 Å². The molecule has 2 N–H and O–H groups in total. The van der Waals surface area contributed by atoms with E-state index in [1.165, 1.54) is 25.6 Å². The van der Waals surface area contributed by atoms with Crippen LogP contribution in [0.25, 0.3) is 0 Å². The van der Waals surface area contributed by atoms with Crippen molar-refractivity contribution in [3.63, 3.8) is 0 Å². The molecule has 2 heterocycles. The highest BCUT2D eigenvalue weighted by Gasteiger charge is 2.23. The van der Waals surface area contributed by atoms with Gasteiger partial charge in [-0.25, -0.2) is 0 Å². The predicted octanol–water partition coefficient (Wildman–Crippen LogP) is 4.67. The van der Waals surface area contributed by atoms with Crippen molar-refractivity contribution in [2.75, 3.05) is 26.1 Å². The van der Waals surface area contributed by atoms with Gasteiger partial charge in [-0.2, -0.15) is 0 Å². The van der Waals surface area contributed by atoms with Gasteiger partial charge in [0.15, 0.2) is 11.5 Å². The Balaban J connectivity index is 1.60. The van der Waals surface area contributed by atoms with Gasteiger partial charge in [0, 0.05) is 30.2 Å². The Hall–Kier alpha value is -3.72. The summed E-state index contributed by atoms with van der Waals surface area (Å²) >= 11 is 1.31. The summed E-state index contributed by atoms with van der Waals surface area (Å²) in [5.74, 6) is 1.59. The summed E-state index contributed by atoms with van der Waals surface area (Å²) in [5, 5.41) is 7.57. The Morgan fingerprint density at radius 3 is 2.54 bits per heavy atom. The summed E-state index contributed by atoms with van der Waals surface area (Å²) in [7, 11) is 2.98. The van der Waals surface area contributed by atoms with E-state index >= 15 is 0 Å². The van der Waals surface area contributed by atoms with Crippen LogP contribution in [-0.2, 0) is 13.0 Å². The first-order valence-corrected chi connectivity index (χ1v) is 12.2. The van der Waals surface area contributed by atoms with Gasteiger partial charge in [0.1, 0.15) is 17.6 Å². The minimum atomic E-state index is -0.385. The third-order valence-corrected chi connectivity index (χ3v) is 6.45. The fraction of sp³-hybridized carbons (Fsp3) is 0.308. The predicted molar refractivity (Wildman–Crippen MR) is 134 cm³/mol. The summed E-state index contributed by atoms with van der Waals surface area (Å²) in [5.41, 5.74) is 2.46. The third kappa shape index (κ3) is 5.35. The maximum Gasteiger partial charge on any atom is 0.265 e. The number of hydrogen-bond donors (Lipinski definition) is 2. The number of rotatable bonds is 9. The topological polar surface area (TPSA) is 95.1 Å². The van der Waals surface area contributed by atoms with Crippen molar-refractivity contribution in [2.45, 2.75) is 32.9 Å². The fourth-order valence-corrected chi connectivity index (χ4v) is 4.56. The lowest BCUT2D eigenvalue weighted by Crippen LogP contribution is -2.25. The summed E-state index contributed by atoms with van der Waals surface area (Å²) < 4.78 is 22.5. The van der Waals surface area contributed by atoms with Gasteiger partial charge in [-0.3, -0.25) is 9.59 Å². The largest absolute Gasteiger partial charge is 0.494 e. The van der Waals surface area contributed by atoms with Crippen LogP contribution in [0.1, 0.15) is 45.0 Å². The summed E-state index contributed by atoms with van der Waals surface area (Å²) in [6.45, 7) is 4.66. The lowest BCUT2D eigenvalue weighted by atomic mass is 10.1. The van der Waals surface area contributed by atoms with E-state index < -0.39 is 0 Å². The minimum Gasteiger partial charge on any atom is -0.494 e. The number of amides is 2. The summed E-state index contributed by atoms with van der Waals surface area (Å²) in [6.07, 6.45) is 0.923. The quantitative estimate of drug-likeness (QED) is 0.447. The average Bonchev–Trinajstić information content (AvgIpc) is 3.51. The Labute approximate surface area is 208 Å². The molecule has 0 aliphatic carbocycles. The number of anilines is 1. The molecule has 0 spiro atoms. The Morgan fingerprint density at radius 1 is 1.09 bits per heavy atom. The molecule has 0 saturated heterocycles. The maximum absolute atomic E-state index is 13.3. The molecule has 0 fully saturated rings. The maximum atomic E-state index is 13.3. The number of carbonyl (C=O) groups is 2. The van der Waals surface area contributed by atoms with Gasteiger partial charge in [0.2, 0.25) is 0 Å². The second-order valence-corrected chi connectivity index (χ2v) is 8.95. The molecule has 8 nitrogen and oxygen atoms in total. The number of fused-ring (bicyclic) bond motifs is 1. The van der Waals surface area contributed by atoms with Gasteiger partial charge in [-0.1, -0.05) is 6.07 Å². The van der Waals surface area contributed by atoms with Gasteiger partial charge < -0.3 is 29.6 Å². The number of nitrogens with one attached hydrogen (secondary N) is 2. The number of carbonyl (C=O) groups excluding carboxylic acids is 2. The second-order valence-electron chi connectivity index (χ2n) is 8.00. The Kier molecular flexibility index (Phi) is 7.45. The molecule has 1 aliphatic heterocycles. The number of thiophene rings is 1.